The monoisotopic (exact) mass is 174 g/mol. The fourth-order valence-corrected chi connectivity index (χ4v) is 1.44. The highest BCUT2D eigenvalue weighted by atomic mass is 16.3. The summed E-state index contributed by atoms with van der Waals surface area (Å²) in [7, 11) is 0. The number of carbonyl (C=O) groups excluding carboxylic acids is 1. The van der Waals surface area contributed by atoms with E-state index in [1.807, 2.05) is 24.3 Å². The van der Waals surface area contributed by atoms with E-state index in [2.05, 4.69) is 0 Å². The van der Waals surface area contributed by atoms with Crippen LogP contribution < -0.4 is 0 Å². The highest BCUT2D eigenvalue weighted by Crippen LogP contribution is 2.20. The van der Waals surface area contributed by atoms with E-state index in [-0.39, 0.29) is 5.78 Å². The van der Waals surface area contributed by atoms with E-state index in [9.17, 15) is 4.79 Å². The maximum atomic E-state index is 10.9. The second-order valence-electron chi connectivity index (χ2n) is 3.14. The van der Waals surface area contributed by atoms with Crippen LogP contribution in [0.5, 0.6) is 0 Å². The Balaban J connectivity index is 2.51. The van der Waals surface area contributed by atoms with Gasteiger partial charge < -0.3 is 4.42 Å². The molecular formula is C11H10O2. The van der Waals surface area contributed by atoms with E-state index in [0.29, 0.717) is 6.42 Å². The quantitative estimate of drug-likeness (QED) is 0.700. The first kappa shape index (κ1) is 8.05. The summed E-state index contributed by atoms with van der Waals surface area (Å²) in [5, 5.41) is 1.04. The van der Waals surface area contributed by atoms with E-state index >= 15 is 0 Å². The molecule has 0 saturated carbocycles. The van der Waals surface area contributed by atoms with Gasteiger partial charge in [-0.25, -0.2) is 0 Å². The molecule has 0 unspecified atom stereocenters. The molecule has 2 aromatic rings. The first-order chi connectivity index (χ1) is 6.27. The molecule has 0 amide bonds. The average molecular weight is 174 g/mol. The lowest BCUT2D eigenvalue weighted by Gasteiger charge is -1.91. The molecule has 2 nitrogen and oxygen atoms in total. The molecule has 1 aromatic heterocycles. The van der Waals surface area contributed by atoms with Crippen molar-refractivity contribution in [1.82, 2.24) is 0 Å². The van der Waals surface area contributed by atoms with Crippen LogP contribution in [0, 0.1) is 0 Å². The van der Waals surface area contributed by atoms with Crippen molar-refractivity contribution in [2.45, 2.75) is 13.3 Å². The first-order valence-corrected chi connectivity index (χ1v) is 4.22. The Morgan fingerprint density at radius 1 is 1.38 bits per heavy atom. The summed E-state index contributed by atoms with van der Waals surface area (Å²) in [6, 6.07) is 7.74. The molecule has 0 N–H and O–H groups in total. The van der Waals surface area contributed by atoms with Gasteiger partial charge in [-0.1, -0.05) is 18.2 Å². The molecule has 0 aliphatic carbocycles. The van der Waals surface area contributed by atoms with Crippen LogP contribution in [0.25, 0.3) is 11.0 Å². The zero-order valence-corrected chi connectivity index (χ0v) is 7.41. The molecule has 0 aliphatic heterocycles. The van der Waals surface area contributed by atoms with Crippen molar-refractivity contribution in [3.63, 3.8) is 0 Å². The topological polar surface area (TPSA) is 30.2 Å². The zero-order chi connectivity index (χ0) is 9.26. The number of benzene rings is 1. The smallest absolute Gasteiger partial charge is 0.134 e. The minimum Gasteiger partial charge on any atom is -0.464 e. The molecule has 2 heteroatoms. The van der Waals surface area contributed by atoms with E-state index in [1.165, 1.54) is 0 Å². The van der Waals surface area contributed by atoms with Crippen LogP contribution in [0.15, 0.2) is 34.9 Å². The van der Waals surface area contributed by atoms with Crippen molar-refractivity contribution in [2.24, 2.45) is 0 Å². The number of ketones is 1. The van der Waals surface area contributed by atoms with Gasteiger partial charge >= 0.3 is 0 Å². The highest BCUT2D eigenvalue weighted by Gasteiger charge is 2.05. The van der Waals surface area contributed by atoms with Gasteiger partial charge in [0.2, 0.25) is 0 Å². The Labute approximate surface area is 76.2 Å². The molecule has 0 saturated heterocycles. The number of fused-ring (bicyclic) bond motifs is 1. The number of hydrogen-bond acceptors (Lipinski definition) is 2. The lowest BCUT2D eigenvalue weighted by Crippen LogP contribution is -1.94. The van der Waals surface area contributed by atoms with E-state index in [0.717, 1.165) is 16.5 Å². The van der Waals surface area contributed by atoms with E-state index < -0.39 is 0 Å². The summed E-state index contributed by atoms with van der Waals surface area (Å²) >= 11 is 0. The number of hydrogen-bond donors (Lipinski definition) is 0. The van der Waals surface area contributed by atoms with Crippen molar-refractivity contribution < 1.29 is 9.21 Å². The van der Waals surface area contributed by atoms with E-state index in [1.54, 1.807) is 13.2 Å². The summed E-state index contributed by atoms with van der Waals surface area (Å²) in [5.41, 5.74) is 1.82. The Hall–Kier alpha value is -1.57. The van der Waals surface area contributed by atoms with Gasteiger partial charge in [-0.2, -0.15) is 0 Å². The minimum atomic E-state index is 0.159. The molecule has 0 fully saturated rings. The second-order valence-corrected chi connectivity index (χ2v) is 3.14. The molecule has 0 spiro atoms. The molecule has 0 aliphatic rings. The van der Waals surface area contributed by atoms with Gasteiger partial charge in [0.05, 0.1) is 6.26 Å². The van der Waals surface area contributed by atoms with Crippen molar-refractivity contribution >= 4 is 16.8 Å². The Kier molecular flexibility index (Phi) is 1.89. The molecule has 1 aromatic carbocycles. The average Bonchev–Trinajstić information content (AvgIpc) is 2.48. The Morgan fingerprint density at radius 2 is 2.15 bits per heavy atom. The van der Waals surface area contributed by atoms with Gasteiger partial charge in [0.15, 0.2) is 0 Å². The number of Topliss-reactive ketones (excluding diaryl/α,β-unsaturated/α-hetero) is 1. The van der Waals surface area contributed by atoms with Crippen molar-refractivity contribution in [3.8, 4) is 0 Å². The summed E-state index contributed by atoms with van der Waals surface area (Å²) in [5.74, 6) is 0.159. The molecule has 2 rings (SSSR count). The maximum Gasteiger partial charge on any atom is 0.134 e. The zero-order valence-electron chi connectivity index (χ0n) is 7.41. The third-order valence-electron chi connectivity index (χ3n) is 2.00. The summed E-state index contributed by atoms with van der Waals surface area (Å²) < 4.78 is 5.30. The van der Waals surface area contributed by atoms with Crippen LogP contribution in [0.3, 0.4) is 0 Å². The van der Waals surface area contributed by atoms with Crippen molar-refractivity contribution in [3.05, 3.63) is 36.1 Å². The number of para-hydroxylation sites is 1. The molecule has 0 atom stereocenters. The van der Waals surface area contributed by atoms with Crippen LogP contribution in [-0.2, 0) is 11.2 Å². The molecule has 1 heterocycles. The predicted molar refractivity (Wildman–Crippen MR) is 50.6 cm³/mol. The molecule has 66 valence electrons. The second kappa shape index (κ2) is 3.05. The molecular weight excluding hydrogens is 164 g/mol. The van der Waals surface area contributed by atoms with Gasteiger partial charge in [0.1, 0.15) is 11.4 Å². The third-order valence-corrected chi connectivity index (χ3v) is 2.00. The highest BCUT2D eigenvalue weighted by molar-refractivity contribution is 5.87. The van der Waals surface area contributed by atoms with Crippen molar-refractivity contribution in [2.75, 3.05) is 0 Å². The van der Waals surface area contributed by atoms with Crippen molar-refractivity contribution in [1.29, 1.82) is 0 Å². The normalized spacial score (nSPS) is 10.5. The van der Waals surface area contributed by atoms with Gasteiger partial charge in [0.25, 0.3) is 0 Å². The lowest BCUT2D eigenvalue weighted by molar-refractivity contribution is -0.116. The van der Waals surface area contributed by atoms with Crippen LogP contribution in [-0.4, -0.2) is 5.78 Å². The van der Waals surface area contributed by atoms with Crippen LogP contribution in [0.1, 0.15) is 12.5 Å². The number of rotatable bonds is 2. The first-order valence-electron chi connectivity index (χ1n) is 4.22. The third kappa shape index (κ3) is 1.47. The number of furan rings is 1. The van der Waals surface area contributed by atoms with Gasteiger partial charge in [-0.3, -0.25) is 4.79 Å². The number of carbonyl (C=O) groups is 1. The largest absolute Gasteiger partial charge is 0.464 e. The predicted octanol–water partition coefficient (Wildman–Crippen LogP) is 2.56. The molecule has 0 radical (unpaired) electrons. The van der Waals surface area contributed by atoms with Gasteiger partial charge in [0, 0.05) is 17.4 Å². The molecule has 13 heavy (non-hydrogen) atoms. The minimum absolute atomic E-state index is 0.159. The van der Waals surface area contributed by atoms with Gasteiger partial charge in [-0.15, -0.1) is 0 Å². The fraction of sp³-hybridized carbons (Fsp3) is 0.182. The van der Waals surface area contributed by atoms with Crippen LogP contribution in [0.2, 0.25) is 0 Å². The van der Waals surface area contributed by atoms with Gasteiger partial charge in [-0.05, 0) is 13.0 Å². The fourth-order valence-electron chi connectivity index (χ4n) is 1.44. The summed E-state index contributed by atoms with van der Waals surface area (Å²) in [4.78, 5) is 10.9. The SMILES string of the molecule is CC(=O)Cc1coc2ccccc12. The lowest BCUT2D eigenvalue weighted by atomic mass is 10.1. The Morgan fingerprint density at radius 3 is 2.92 bits per heavy atom. The summed E-state index contributed by atoms with van der Waals surface area (Å²) in [6.07, 6.45) is 2.11. The van der Waals surface area contributed by atoms with Crippen LogP contribution in [0.4, 0.5) is 0 Å². The Bertz CT molecular complexity index is 440. The van der Waals surface area contributed by atoms with Crippen LogP contribution >= 0.6 is 0 Å². The standard InChI is InChI=1S/C11H10O2/c1-8(12)6-9-7-13-11-5-3-2-4-10(9)11/h2-5,7H,6H2,1H3. The van der Waals surface area contributed by atoms with E-state index in [4.69, 9.17) is 4.42 Å². The maximum absolute atomic E-state index is 10.9. The summed E-state index contributed by atoms with van der Waals surface area (Å²) in [6.45, 7) is 1.59. The molecule has 0 bridgehead atoms.